The lowest BCUT2D eigenvalue weighted by Crippen LogP contribution is -2.01. The van der Waals surface area contributed by atoms with Crippen LogP contribution >= 0.6 is 0 Å². The Balaban J connectivity index is 3.03. The molecule has 0 aliphatic heterocycles. The van der Waals surface area contributed by atoms with Crippen LogP contribution in [0.15, 0.2) is 0 Å². The molecule has 0 saturated carbocycles. The van der Waals surface area contributed by atoms with Crippen LogP contribution in [0, 0.1) is 0 Å². The average molecular weight is 320 g/mol. The maximum atomic E-state index is 10.4. The molecule has 0 aromatic rings. The normalized spacial score (nSPS) is 11.9. The van der Waals surface area contributed by atoms with E-state index in [1.165, 1.54) is 77.0 Å². The molecule has 4 heteroatoms. The molecule has 0 unspecified atom stereocenters. The van der Waals surface area contributed by atoms with Gasteiger partial charge in [0, 0.05) is 0 Å². The lowest BCUT2D eigenvalue weighted by molar-refractivity contribution is 0.412. The Bertz CT molecular complexity index is 299. The van der Waals surface area contributed by atoms with Gasteiger partial charge in [-0.05, 0) is 6.42 Å². The lowest BCUT2D eigenvalue weighted by atomic mass is 10.0. The molecule has 0 atom stereocenters. The van der Waals surface area contributed by atoms with E-state index in [1.54, 1.807) is 0 Å². The summed E-state index contributed by atoms with van der Waals surface area (Å²) in [6.45, 7) is 2.26. The Hall–Kier alpha value is -0.0900. The Kier molecular flexibility index (Phi) is 14.8. The molecule has 0 fully saturated rings. The van der Waals surface area contributed by atoms with Gasteiger partial charge in [-0.25, -0.2) is 0 Å². The summed E-state index contributed by atoms with van der Waals surface area (Å²) in [4.78, 5) is 0. The third-order valence-corrected chi connectivity index (χ3v) is 4.79. The molecule has 0 rings (SSSR count). The number of hydrogen-bond donors (Lipinski definition) is 0. The molecule has 0 spiro atoms. The molecule has 0 heterocycles. The van der Waals surface area contributed by atoms with Gasteiger partial charge in [0.1, 0.15) is 0 Å². The van der Waals surface area contributed by atoms with Crippen molar-refractivity contribution in [3.8, 4) is 0 Å². The second kappa shape index (κ2) is 14.8. The Morgan fingerprint density at radius 2 is 0.810 bits per heavy atom. The maximum Gasteiger partial charge on any atom is 0.294 e. The molecule has 0 bridgehead atoms. The van der Waals surface area contributed by atoms with Gasteiger partial charge in [-0.15, -0.1) is 0 Å². The molecule has 127 valence electrons. The summed E-state index contributed by atoms with van der Waals surface area (Å²) in [5.74, 6) is -0.189. The van der Waals surface area contributed by atoms with Gasteiger partial charge in [0.25, 0.3) is 10.1 Å². The summed E-state index contributed by atoms with van der Waals surface area (Å²) < 4.78 is 31.2. The van der Waals surface area contributed by atoms with Crippen molar-refractivity contribution < 1.29 is 13.0 Å². The highest BCUT2D eigenvalue weighted by molar-refractivity contribution is 7.85. The Morgan fingerprint density at radius 1 is 0.524 bits per heavy atom. The van der Waals surface area contributed by atoms with E-state index in [2.05, 4.69) is 6.92 Å². The zero-order chi connectivity index (χ0) is 15.8. The quantitative estimate of drug-likeness (QED) is 0.347. The fourth-order valence-electron chi connectivity index (χ4n) is 2.65. The SMILES string of the molecule is CCCCCCCCCCCCCCCCCS([O])(=O)=O. The van der Waals surface area contributed by atoms with E-state index in [1.807, 2.05) is 0 Å². The van der Waals surface area contributed by atoms with E-state index < -0.39 is 10.1 Å². The van der Waals surface area contributed by atoms with E-state index >= 15 is 0 Å². The smallest absolute Gasteiger partial charge is 0.197 e. The van der Waals surface area contributed by atoms with Crippen LogP contribution in [0.5, 0.6) is 0 Å². The Morgan fingerprint density at radius 3 is 1.10 bits per heavy atom. The number of rotatable bonds is 16. The van der Waals surface area contributed by atoms with Crippen LogP contribution < -0.4 is 0 Å². The fourth-order valence-corrected chi connectivity index (χ4v) is 3.21. The van der Waals surface area contributed by atoms with Gasteiger partial charge >= 0.3 is 0 Å². The first-order valence-electron chi connectivity index (χ1n) is 9.00. The first kappa shape index (κ1) is 20.9. The maximum absolute atomic E-state index is 10.4. The highest BCUT2D eigenvalue weighted by atomic mass is 32.2. The second-order valence-corrected chi connectivity index (χ2v) is 7.74. The van der Waals surface area contributed by atoms with E-state index in [-0.39, 0.29) is 5.75 Å². The van der Waals surface area contributed by atoms with Crippen LogP contribution in [0.2, 0.25) is 0 Å². The summed E-state index contributed by atoms with van der Waals surface area (Å²) in [6.07, 6.45) is 18.6. The molecule has 0 aliphatic rings. The average Bonchev–Trinajstić information content (AvgIpc) is 2.42. The van der Waals surface area contributed by atoms with Crippen molar-refractivity contribution in [2.45, 2.75) is 103 Å². The molecule has 0 amide bonds. The van der Waals surface area contributed by atoms with Gasteiger partial charge in [-0.2, -0.15) is 8.42 Å². The predicted octanol–water partition coefficient (Wildman–Crippen LogP) is 5.62. The van der Waals surface area contributed by atoms with Crippen LogP contribution in [0.25, 0.3) is 0 Å². The van der Waals surface area contributed by atoms with Gasteiger partial charge in [-0.3, -0.25) is 0 Å². The highest BCUT2D eigenvalue weighted by Gasteiger charge is 2.04. The fraction of sp³-hybridized carbons (Fsp3) is 1.00. The lowest BCUT2D eigenvalue weighted by Gasteiger charge is -2.03. The van der Waals surface area contributed by atoms with Gasteiger partial charge in [0.15, 0.2) is 0 Å². The van der Waals surface area contributed by atoms with E-state index in [4.69, 9.17) is 0 Å². The van der Waals surface area contributed by atoms with Crippen LogP contribution in [0.4, 0.5) is 0 Å². The molecule has 21 heavy (non-hydrogen) atoms. The van der Waals surface area contributed by atoms with Gasteiger partial charge in [0.2, 0.25) is 0 Å². The molecule has 0 aromatic carbocycles. The van der Waals surface area contributed by atoms with Crippen molar-refractivity contribution in [3.63, 3.8) is 0 Å². The minimum Gasteiger partial charge on any atom is -0.197 e. The van der Waals surface area contributed by atoms with E-state index in [0.29, 0.717) is 6.42 Å². The molecule has 1 radical (unpaired) electrons. The minimum atomic E-state index is -3.99. The van der Waals surface area contributed by atoms with Gasteiger partial charge < -0.3 is 0 Å². The third kappa shape index (κ3) is 19.9. The summed E-state index contributed by atoms with van der Waals surface area (Å²) in [5.41, 5.74) is 0. The minimum absolute atomic E-state index is 0.189. The summed E-state index contributed by atoms with van der Waals surface area (Å²) >= 11 is 0. The monoisotopic (exact) mass is 319 g/mol. The van der Waals surface area contributed by atoms with E-state index in [9.17, 15) is 13.0 Å². The van der Waals surface area contributed by atoms with Crippen molar-refractivity contribution >= 4 is 10.1 Å². The van der Waals surface area contributed by atoms with Gasteiger partial charge in [-0.1, -0.05) is 101 Å². The third-order valence-electron chi connectivity index (χ3n) is 4.00. The van der Waals surface area contributed by atoms with Crippen molar-refractivity contribution in [1.82, 2.24) is 0 Å². The number of unbranched alkanes of at least 4 members (excludes halogenated alkanes) is 14. The van der Waals surface area contributed by atoms with Crippen molar-refractivity contribution in [2.24, 2.45) is 0 Å². The molecular formula is C17H35O3S. The molecule has 0 aromatic heterocycles. The van der Waals surface area contributed by atoms with E-state index in [0.717, 1.165) is 12.8 Å². The zero-order valence-corrected chi connectivity index (χ0v) is 14.8. The Labute approximate surface area is 132 Å². The molecule has 0 N–H and O–H groups in total. The standard InChI is InChI=1S/C17H35O3S/c1-2-3-4-5-6-7-8-9-10-11-12-13-14-15-16-17-21(18,19)20/h2-17H2,1H3. The summed E-state index contributed by atoms with van der Waals surface area (Å²) in [7, 11) is -3.99. The van der Waals surface area contributed by atoms with Crippen LogP contribution in [0.1, 0.15) is 103 Å². The highest BCUT2D eigenvalue weighted by Crippen LogP contribution is 2.13. The van der Waals surface area contributed by atoms with Gasteiger partial charge in [0.05, 0.1) is 5.75 Å². The molecular weight excluding hydrogens is 284 g/mol. The predicted molar refractivity (Wildman–Crippen MR) is 89.4 cm³/mol. The molecule has 0 aliphatic carbocycles. The van der Waals surface area contributed by atoms with Crippen molar-refractivity contribution in [2.75, 3.05) is 5.75 Å². The number of hydrogen-bond acceptors (Lipinski definition) is 2. The molecule has 0 saturated heterocycles. The topological polar surface area (TPSA) is 54.0 Å². The van der Waals surface area contributed by atoms with Crippen molar-refractivity contribution in [1.29, 1.82) is 0 Å². The first-order chi connectivity index (χ1) is 10.1. The first-order valence-corrected chi connectivity index (χ1v) is 10.6. The van der Waals surface area contributed by atoms with Crippen molar-refractivity contribution in [3.05, 3.63) is 0 Å². The van der Waals surface area contributed by atoms with Crippen LogP contribution in [-0.2, 0) is 14.7 Å². The largest absolute Gasteiger partial charge is 0.294 e. The molecule has 3 nitrogen and oxygen atoms in total. The second-order valence-electron chi connectivity index (χ2n) is 6.21. The van der Waals surface area contributed by atoms with Crippen LogP contribution in [-0.4, -0.2) is 14.2 Å². The summed E-state index contributed by atoms with van der Waals surface area (Å²) in [5, 5.41) is 0. The summed E-state index contributed by atoms with van der Waals surface area (Å²) in [6, 6.07) is 0. The van der Waals surface area contributed by atoms with Crippen LogP contribution in [0.3, 0.4) is 0 Å². The zero-order valence-electron chi connectivity index (χ0n) is 13.9.